The van der Waals surface area contributed by atoms with E-state index in [-0.39, 0.29) is 17.2 Å². The number of nitrogens with zero attached hydrogens (tertiary/aromatic N) is 2. The number of primary amides is 1. The summed E-state index contributed by atoms with van der Waals surface area (Å²) >= 11 is 1.56. The summed E-state index contributed by atoms with van der Waals surface area (Å²) in [5, 5.41) is 6.24. The van der Waals surface area contributed by atoms with E-state index >= 15 is 0 Å². The summed E-state index contributed by atoms with van der Waals surface area (Å²) in [6.07, 6.45) is 2.11. The van der Waals surface area contributed by atoms with Crippen molar-refractivity contribution in [1.82, 2.24) is 9.97 Å². The average Bonchev–Trinajstić information content (AvgIpc) is 3.05. The van der Waals surface area contributed by atoms with Gasteiger partial charge in [-0.2, -0.15) is 0 Å². The van der Waals surface area contributed by atoms with Crippen LogP contribution < -0.4 is 11.1 Å². The van der Waals surface area contributed by atoms with Gasteiger partial charge < -0.3 is 15.5 Å². The Morgan fingerprint density at radius 3 is 2.57 bits per heavy atom. The largest absolute Gasteiger partial charge is 0.446 e. The molecule has 2 rings (SSSR count). The maximum absolute atomic E-state index is 11.2. The molecule has 7 heteroatoms. The van der Waals surface area contributed by atoms with E-state index in [1.807, 2.05) is 0 Å². The van der Waals surface area contributed by atoms with Crippen LogP contribution in [0.1, 0.15) is 69.2 Å². The highest BCUT2D eigenvalue weighted by Crippen LogP contribution is 2.30. The number of oxazole rings is 1. The van der Waals surface area contributed by atoms with Gasteiger partial charge in [0.2, 0.25) is 5.89 Å². The second-order valence-corrected chi connectivity index (χ2v) is 7.91. The van der Waals surface area contributed by atoms with E-state index in [2.05, 4.69) is 55.3 Å². The maximum Gasteiger partial charge on any atom is 0.270 e. The van der Waals surface area contributed by atoms with Gasteiger partial charge in [-0.3, -0.25) is 4.79 Å². The van der Waals surface area contributed by atoms with Crippen molar-refractivity contribution in [2.75, 3.05) is 5.32 Å². The Morgan fingerprint density at radius 1 is 1.39 bits per heavy atom. The van der Waals surface area contributed by atoms with Gasteiger partial charge in [-0.15, -0.1) is 11.3 Å². The molecular weight excluding hydrogens is 312 g/mol. The molecule has 126 valence electrons. The van der Waals surface area contributed by atoms with Crippen LogP contribution in [0.4, 0.5) is 5.13 Å². The van der Waals surface area contributed by atoms with Crippen LogP contribution in [0.25, 0.3) is 0 Å². The van der Waals surface area contributed by atoms with Crippen molar-refractivity contribution in [3.05, 3.63) is 28.9 Å². The molecule has 0 radical (unpaired) electrons. The molecule has 0 aliphatic heterocycles. The zero-order valence-electron chi connectivity index (χ0n) is 14.2. The van der Waals surface area contributed by atoms with Crippen molar-refractivity contribution in [2.24, 2.45) is 11.7 Å². The van der Waals surface area contributed by atoms with Crippen molar-refractivity contribution in [2.45, 2.75) is 52.5 Å². The summed E-state index contributed by atoms with van der Waals surface area (Å²) in [5.74, 6) is 0.297. The number of thiazole rings is 1. The van der Waals surface area contributed by atoms with Crippen molar-refractivity contribution >= 4 is 22.4 Å². The lowest BCUT2D eigenvalue weighted by Gasteiger charge is -2.17. The smallest absolute Gasteiger partial charge is 0.270 e. The first-order chi connectivity index (χ1) is 10.7. The summed E-state index contributed by atoms with van der Waals surface area (Å²) in [4.78, 5) is 20.0. The maximum atomic E-state index is 11.2. The third kappa shape index (κ3) is 4.54. The number of carbonyl (C=O) groups excluding carboxylic acids is 1. The zero-order valence-corrected chi connectivity index (χ0v) is 15.0. The third-order valence-electron chi connectivity index (χ3n) is 3.35. The van der Waals surface area contributed by atoms with Gasteiger partial charge in [0, 0.05) is 10.8 Å². The molecule has 0 aliphatic carbocycles. The summed E-state index contributed by atoms with van der Waals surface area (Å²) < 4.78 is 5.44. The van der Waals surface area contributed by atoms with Crippen LogP contribution >= 0.6 is 11.3 Å². The molecule has 0 aromatic carbocycles. The Kier molecular flexibility index (Phi) is 5.09. The fourth-order valence-corrected chi connectivity index (χ4v) is 3.08. The van der Waals surface area contributed by atoms with Crippen molar-refractivity contribution in [3.8, 4) is 0 Å². The molecule has 0 spiro atoms. The number of nitrogens with two attached hydrogens (primary N) is 1. The first-order valence-electron chi connectivity index (χ1n) is 7.64. The molecule has 3 N–H and O–H groups in total. The molecule has 0 saturated heterocycles. The molecule has 0 bridgehead atoms. The van der Waals surface area contributed by atoms with Gasteiger partial charge in [0.25, 0.3) is 5.91 Å². The Morgan fingerprint density at radius 2 is 2.09 bits per heavy atom. The summed E-state index contributed by atoms with van der Waals surface area (Å²) in [5.41, 5.74) is 6.43. The molecule has 6 nitrogen and oxygen atoms in total. The van der Waals surface area contributed by atoms with E-state index < -0.39 is 5.91 Å². The van der Waals surface area contributed by atoms with Crippen molar-refractivity contribution < 1.29 is 9.21 Å². The Balaban J connectivity index is 2.21. The van der Waals surface area contributed by atoms with Crippen molar-refractivity contribution in [3.63, 3.8) is 0 Å². The molecule has 2 heterocycles. The highest BCUT2D eigenvalue weighted by Gasteiger charge is 2.23. The molecule has 0 fully saturated rings. The normalized spacial score (nSPS) is 13.3. The molecule has 0 aliphatic rings. The third-order valence-corrected chi connectivity index (χ3v) is 4.12. The molecule has 2 aromatic heterocycles. The lowest BCUT2D eigenvalue weighted by molar-refractivity contribution is 0.0995. The van der Waals surface area contributed by atoms with E-state index in [1.165, 1.54) is 6.26 Å². The number of anilines is 1. The number of nitrogens with one attached hydrogen (secondary N) is 1. The summed E-state index contributed by atoms with van der Waals surface area (Å²) in [6, 6.07) is -0.151. The van der Waals surface area contributed by atoms with Crippen molar-refractivity contribution in [1.29, 1.82) is 0 Å². The van der Waals surface area contributed by atoms with Crippen LogP contribution in [0.15, 0.2) is 16.1 Å². The Bertz CT molecular complexity index is 670. The highest BCUT2D eigenvalue weighted by atomic mass is 32.1. The monoisotopic (exact) mass is 336 g/mol. The van der Waals surface area contributed by atoms with E-state index in [4.69, 9.17) is 10.2 Å². The highest BCUT2D eigenvalue weighted by molar-refractivity contribution is 7.13. The fourth-order valence-electron chi connectivity index (χ4n) is 2.09. The predicted octanol–water partition coefficient (Wildman–Crippen LogP) is 3.73. The number of aromatic nitrogens is 2. The first kappa shape index (κ1) is 17.5. The van der Waals surface area contributed by atoms with Crippen LogP contribution in [0.3, 0.4) is 0 Å². The minimum Gasteiger partial charge on any atom is -0.446 e. The Hall–Kier alpha value is -1.89. The van der Waals surface area contributed by atoms with Crippen LogP contribution in [0.2, 0.25) is 0 Å². The number of rotatable bonds is 6. The number of carbonyl (C=O) groups is 1. The van der Waals surface area contributed by atoms with E-state index in [1.54, 1.807) is 11.3 Å². The van der Waals surface area contributed by atoms with Gasteiger partial charge in [0.1, 0.15) is 12.3 Å². The molecule has 2 aromatic rings. The summed E-state index contributed by atoms with van der Waals surface area (Å²) in [7, 11) is 0. The molecular formula is C16H24N4O2S. The lowest BCUT2D eigenvalue weighted by atomic mass is 9.93. The molecule has 1 amide bonds. The van der Waals surface area contributed by atoms with Gasteiger partial charge >= 0.3 is 0 Å². The average molecular weight is 336 g/mol. The molecule has 0 saturated carbocycles. The number of hydrogen-bond acceptors (Lipinski definition) is 6. The van der Waals surface area contributed by atoms with E-state index in [0.717, 1.165) is 17.2 Å². The zero-order chi connectivity index (χ0) is 17.2. The second-order valence-electron chi connectivity index (χ2n) is 7.05. The second kappa shape index (κ2) is 6.70. The molecule has 1 atom stereocenters. The topological polar surface area (TPSA) is 94.0 Å². The van der Waals surface area contributed by atoms with E-state index in [9.17, 15) is 4.79 Å². The van der Waals surface area contributed by atoms with Crippen LogP contribution in [-0.4, -0.2) is 15.9 Å². The number of hydrogen-bond donors (Lipinski definition) is 2. The van der Waals surface area contributed by atoms with Crippen LogP contribution in [0.5, 0.6) is 0 Å². The van der Waals surface area contributed by atoms with Crippen LogP contribution in [0, 0.1) is 5.92 Å². The summed E-state index contributed by atoms with van der Waals surface area (Å²) in [6.45, 7) is 10.6. The quantitative estimate of drug-likeness (QED) is 0.838. The molecule has 0 unspecified atom stereocenters. The minimum atomic E-state index is -0.590. The Labute approximate surface area is 140 Å². The standard InChI is InChI=1S/C16H24N4O2S/c1-9(2)6-10(14-18-11(7-22-14)13(17)21)19-15-20-12(8-23-15)16(3,4)5/h7-10H,6H2,1-5H3,(H2,17,21)(H,19,20)/t10-/m0/s1. The lowest BCUT2D eigenvalue weighted by Crippen LogP contribution is -2.16. The van der Waals surface area contributed by atoms with Gasteiger partial charge in [0.15, 0.2) is 10.8 Å². The first-order valence-corrected chi connectivity index (χ1v) is 8.52. The number of amides is 1. The minimum absolute atomic E-state index is 0.00600. The fraction of sp³-hybridized carbons (Fsp3) is 0.562. The van der Waals surface area contributed by atoms with Gasteiger partial charge in [-0.25, -0.2) is 9.97 Å². The van der Waals surface area contributed by atoms with Gasteiger partial charge in [-0.05, 0) is 12.3 Å². The predicted molar refractivity (Wildman–Crippen MR) is 91.7 cm³/mol. The van der Waals surface area contributed by atoms with Crippen LogP contribution in [-0.2, 0) is 5.41 Å². The van der Waals surface area contributed by atoms with Gasteiger partial charge in [0.05, 0.1) is 5.69 Å². The van der Waals surface area contributed by atoms with Gasteiger partial charge in [-0.1, -0.05) is 34.6 Å². The SMILES string of the molecule is CC(C)C[C@H](Nc1nc(C(C)(C)C)cs1)c1nc(C(N)=O)co1. The molecule has 23 heavy (non-hydrogen) atoms. The van der Waals surface area contributed by atoms with E-state index in [0.29, 0.717) is 11.8 Å².